The van der Waals surface area contributed by atoms with Crippen LogP contribution >= 0.6 is 23.1 Å². The van der Waals surface area contributed by atoms with Gasteiger partial charge in [0, 0.05) is 4.90 Å². The Balaban J connectivity index is 1.69. The molecule has 0 amide bonds. The van der Waals surface area contributed by atoms with E-state index < -0.39 is 12.0 Å². The maximum Gasteiger partial charge on any atom is 0.338 e. The summed E-state index contributed by atoms with van der Waals surface area (Å²) in [5.41, 5.74) is 2.29. The number of hydrogen-bond donors (Lipinski definition) is 0. The summed E-state index contributed by atoms with van der Waals surface area (Å²) in [5.74, 6) is 0.711. The third-order valence-electron chi connectivity index (χ3n) is 5.64. The molecule has 1 atom stereocenters. The summed E-state index contributed by atoms with van der Waals surface area (Å²) in [5, 5.41) is 0. The second-order valence-corrected chi connectivity index (χ2v) is 9.58. The summed E-state index contributed by atoms with van der Waals surface area (Å²) >= 11 is 2.96. The van der Waals surface area contributed by atoms with Gasteiger partial charge in [0.25, 0.3) is 5.56 Å². The largest absolute Gasteiger partial charge is 0.463 e. The van der Waals surface area contributed by atoms with E-state index in [1.165, 1.54) is 11.3 Å². The minimum absolute atomic E-state index is 0.135. The number of carbonyl (C=O) groups excluding carboxylic acids is 1. The van der Waals surface area contributed by atoms with Crippen molar-refractivity contribution in [1.29, 1.82) is 0 Å². The maximum atomic E-state index is 13.6. The first-order valence-electron chi connectivity index (χ1n) is 10.7. The van der Waals surface area contributed by atoms with Gasteiger partial charge in [-0.25, -0.2) is 9.79 Å². The van der Waals surface area contributed by atoms with Crippen LogP contribution in [0.25, 0.3) is 6.08 Å². The van der Waals surface area contributed by atoms with Crippen LogP contribution in [0.1, 0.15) is 31.0 Å². The SMILES string of the molecule is CCOC(=O)C1=C(C)N=c2s/c(=C\c3ccc(SC)cc3)c(=O)n2[C@H]1c1ccc2c(c1)OCO2. The van der Waals surface area contributed by atoms with Crippen LogP contribution in [0, 0.1) is 0 Å². The fraction of sp³-hybridized carbons (Fsp3) is 0.240. The van der Waals surface area contributed by atoms with Crippen LogP contribution in [0.5, 0.6) is 11.5 Å². The molecule has 0 fully saturated rings. The first-order chi connectivity index (χ1) is 16.5. The Bertz CT molecular complexity index is 1480. The lowest BCUT2D eigenvalue weighted by atomic mass is 9.95. The van der Waals surface area contributed by atoms with Gasteiger partial charge in [0.15, 0.2) is 16.3 Å². The Hall–Kier alpha value is -3.30. The Kier molecular flexibility index (Phi) is 6.05. The second kappa shape index (κ2) is 9.15. The molecule has 0 saturated carbocycles. The first kappa shape index (κ1) is 22.5. The second-order valence-electron chi connectivity index (χ2n) is 7.69. The van der Waals surface area contributed by atoms with Crippen molar-refractivity contribution in [1.82, 2.24) is 4.57 Å². The summed E-state index contributed by atoms with van der Waals surface area (Å²) in [6, 6.07) is 12.8. The highest BCUT2D eigenvalue weighted by Crippen LogP contribution is 2.38. The smallest absolute Gasteiger partial charge is 0.338 e. The normalized spacial score (nSPS) is 16.9. The Morgan fingerprint density at radius 1 is 1.24 bits per heavy atom. The van der Waals surface area contributed by atoms with Gasteiger partial charge in [-0.05, 0) is 61.6 Å². The van der Waals surface area contributed by atoms with Crippen molar-refractivity contribution in [3.8, 4) is 11.5 Å². The van der Waals surface area contributed by atoms with Gasteiger partial charge in [-0.15, -0.1) is 11.8 Å². The Morgan fingerprint density at radius 2 is 2.00 bits per heavy atom. The minimum Gasteiger partial charge on any atom is -0.463 e. The zero-order chi connectivity index (χ0) is 23.8. The topological polar surface area (TPSA) is 79.1 Å². The fourth-order valence-corrected chi connectivity index (χ4v) is 5.50. The molecular weight excluding hydrogens is 472 g/mol. The number of fused-ring (bicyclic) bond motifs is 2. The molecule has 3 heterocycles. The summed E-state index contributed by atoms with van der Waals surface area (Å²) in [6.45, 7) is 3.88. The number of aromatic nitrogens is 1. The minimum atomic E-state index is -0.689. The van der Waals surface area contributed by atoms with E-state index in [9.17, 15) is 9.59 Å². The third kappa shape index (κ3) is 3.95. The monoisotopic (exact) mass is 494 g/mol. The van der Waals surface area contributed by atoms with Crippen molar-refractivity contribution in [2.75, 3.05) is 19.7 Å². The Morgan fingerprint density at radius 3 is 2.74 bits per heavy atom. The lowest BCUT2D eigenvalue weighted by Crippen LogP contribution is -2.39. The molecule has 0 unspecified atom stereocenters. The standard InChI is InChI=1S/C25H22N2O5S2/c1-4-30-24(29)21-14(2)26-25-27(22(21)16-7-10-18-19(12-16)32-13-31-18)23(28)20(34-25)11-15-5-8-17(33-3)9-6-15/h5-12,22H,4,13H2,1-3H3/b20-11-/t22-/m0/s1. The summed E-state index contributed by atoms with van der Waals surface area (Å²) < 4.78 is 18.4. The Labute approximate surface area is 204 Å². The van der Waals surface area contributed by atoms with Gasteiger partial charge < -0.3 is 14.2 Å². The van der Waals surface area contributed by atoms with Crippen LogP contribution in [-0.2, 0) is 9.53 Å². The van der Waals surface area contributed by atoms with Crippen LogP contribution in [0.4, 0.5) is 0 Å². The van der Waals surface area contributed by atoms with Gasteiger partial charge in [0.05, 0.1) is 28.5 Å². The van der Waals surface area contributed by atoms with Gasteiger partial charge in [0.2, 0.25) is 6.79 Å². The molecule has 0 aliphatic carbocycles. The van der Waals surface area contributed by atoms with Gasteiger partial charge in [-0.3, -0.25) is 9.36 Å². The van der Waals surface area contributed by atoms with Crippen LogP contribution < -0.4 is 24.4 Å². The molecular formula is C25H22N2O5S2. The van der Waals surface area contributed by atoms with Gasteiger partial charge in [-0.1, -0.05) is 29.5 Å². The molecule has 0 bridgehead atoms. The van der Waals surface area contributed by atoms with Crippen LogP contribution in [0.15, 0.2) is 68.4 Å². The van der Waals surface area contributed by atoms with E-state index in [-0.39, 0.29) is 19.0 Å². The van der Waals surface area contributed by atoms with E-state index in [1.54, 1.807) is 36.2 Å². The van der Waals surface area contributed by atoms with Crippen molar-refractivity contribution in [3.05, 3.63) is 84.5 Å². The summed E-state index contributed by atoms with van der Waals surface area (Å²) in [7, 11) is 0. The van der Waals surface area contributed by atoms with Crippen LogP contribution in [0.2, 0.25) is 0 Å². The summed E-state index contributed by atoms with van der Waals surface area (Å²) in [6.07, 6.45) is 3.88. The van der Waals surface area contributed by atoms with E-state index in [1.807, 2.05) is 48.7 Å². The number of carbonyl (C=O) groups is 1. The highest BCUT2D eigenvalue weighted by molar-refractivity contribution is 7.98. The van der Waals surface area contributed by atoms with Gasteiger partial charge >= 0.3 is 5.97 Å². The zero-order valence-electron chi connectivity index (χ0n) is 18.9. The van der Waals surface area contributed by atoms with Crippen molar-refractivity contribution in [2.45, 2.75) is 24.8 Å². The van der Waals surface area contributed by atoms with E-state index >= 15 is 0 Å². The number of thioether (sulfide) groups is 1. The number of allylic oxidation sites excluding steroid dienone is 1. The predicted molar refractivity (Wildman–Crippen MR) is 131 cm³/mol. The molecule has 5 rings (SSSR count). The summed E-state index contributed by atoms with van der Waals surface area (Å²) in [4.78, 5) is 32.9. The van der Waals surface area contributed by atoms with Crippen LogP contribution in [-0.4, -0.2) is 30.2 Å². The molecule has 0 spiro atoms. The van der Waals surface area contributed by atoms with E-state index in [0.29, 0.717) is 32.1 Å². The zero-order valence-corrected chi connectivity index (χ0v) is 20.5. The molecule has 2 aliphatic rings. The molecule has 0 radical (unpaired) electrons. The van der Waals surface area contributed by atoms with Crippen molar-refractivity contribution in [2.24, 2.45) is 4.99 Å². The van der Waals surface area contributed by atoms with Gasteiger partial charge in [-0.2, -0.15) is 0 Å². The quantitative estimate of drug-likeness (QED) is 0.400. The fourth-order valence-electron chi connectivity index (χ4n) is 4.04. The molecule has 0 N–H and O–H groups in total. The lowest BCUT2D eigenvalue weighted by molar-refractivity contribution is -0.139. The molecule has 9 heteroatoms. The van der Waals surface area contributed by atoms with E-state index in [4.69, 9.17) is 14.2 Å². The number of hydrogen-bond acceptors (Lipinski definition) is 8. The highest BCUT2D eigenvalue weighted by atomic mass is 32.2. The van der Waals surface area contributed by atoms with Crippen molar-refractivity contribution in [3.63, 3.8) is 0 Å². The van der Waals surface area contributed by atoms with Crippen molar-refractivity contribution < 1.29 is 19.0 Å². The molecule has 34 heavy (non-hydrogen) atoms. The highest BCUT2D eigenvalue weighted by Gasteiger charge is 2.34. The number of nitrogens with zero attached hydrogens (tertiary/aromatic N) is 2. The average molecular weight is 495 g/mol. The molecule has 1 aromatic heterocycles. The number of benzene rings is 2. The third-order valence-corrected chi connectivity index (χ3v) is 7.37. The number of ether oxygens (including phenoxy) is 3. The van der Waals surface area contributed by atoms with E-state index in [0.717, 1.165) is 16.0 Å². The number of esters is 1. The molecule has 3 aromatic rings. The lowest BCUT2D eigenvalue weighted by Gasteiger charge is -2.24. The maximum absolute atomic E-state index is 13.6. The molecule has 174 valence electrons. The number of rotatable bonds is 5. The van der Waals surface area contributed by atoms with Gasteiger partial charge in [0.1, 0.15) is 0 Å². The van der Waals surface area contributed by atoms with E-state index in [2.05, 4.69) is 4.99 Å². The first-order valence-corrected chi connectivity index (χ1v) is 12.8. The average Bonchev–Trinajstić information content (AvgIpc) is 3.42. The predicted octanol–water partition coefficient (Wildman–Crippen LogP) is 3.25. The molecule has 0 saturated heterocycles. The molecule has 2 aromatic carbocycles. The molecule has 7 nitrogen and oxygen atoms in total. The number of thiazole rings is 1. The van der Waals surface area contributed by atoms with Crippen molar-refractivity contribution >= 4 is 35.1 Å². The molecule has 2 aliphatic heterocycles. The van der Waals surface area contributed by atoms with Crippen LogP contribution in [0.3, 0.4) is 0 Å².